The molecule has 3 aromatic carbocycles. The molecule has 1 saturated carbocycles. The topological polar surface area (TPSA) is 111 Å². The summed E-state index contributed by atoms with van der Waals surface area (Å²) >= 11 is 0. The van der Waals surface area contributed by atoms with Crippen molar-refractivity contribution >= 4 is 22.7 Å². The summed E-state index contributed by atoms with van der Waals surface area (Å²) in [6, 6.07) is 23.5. The van der Waals surface area contributed by atoms with Gasteiger partial charge in [-0.05, 0) is 60.7 Å². The fourth-order valence-corrected chi connectivity index (χ4v) is 4.99. The molecule has 182 valence electrons. The first-order chi connectivity index (χ1) is 17.5. The number of Topliss-reactive ketones (excluding diaryl/α,β-unsaturated/α-hetero) is 1. The number of hydrogen-bond donors (Lipinski definition) is 1. The molecule has 36 heavy (non-hydrogen) atoms. The van der Waals surface area contributed by atoms with Gasteiger partial charge in [-0.3, -0.25) is 14.4 Å². The second-order valence-electron chi connectivity index (χ2n) is 9.06. The maximum Gasteiger partial charge on any atom is 0.307 e. The summed E-state index contributed by atoms with van der Waals surface area (Å²) in [6.07, 6.45) is 0.940. The van der Waals surface area contributed by atoms with Crippen molar-refractivity contribution in [1.82, 2.24) is 15.0 Å². The van der Waals surface area contributed by atoms with Crippen LogP contribution in [0.15, 0.2) is 83.7 Å². The number of benzene rings is 3. The minimum absolute atomic E-state index is 0.101. The number of aromatic nitrogens is 3. The number of carboxylic acid groups (broad SMARTS) is 1. The summed E-state index contributed by atoms with van der Waals surface area (Å²) in [4.78, 5) is 38.4. The predicted octanol–water partition coefficient (Wildman–Crippen LogP) is 3.98. The Morgan fingerprint density at radius 1 is 0.944 bits per heavy atom. The van der Waals surface area contributed by atoms with E-state index in [-0.39, 0.29) is 17.9 Å². The first-order valence-electron chi connectivity index (χ1n) is 11.9. The highest BCUT2D eigenvalue weighted by molar-refractivity contribution is 6.00. The van der Waals surface area contributed by atoms with Crippen molar-refractivity contribution in [3.63, 3.8) is 0 Å². The molecule has 1 heterocycles. The molecular formula is C28H25N3O5. The van der Waals surface area contributed by atoms with Crippen molar-refractivity contribution in [1.29, 1.82) is 0 Å². The van der Waals surface area contributed by atoms with Crippen molar-refractivity contribution in [2.45, 2.75) is 26.0 Å². The van der Waals surface area contributed by atoms with Crippen molar-refractivity contribution in [2.24, 2.45) is 17.8 Å². The normalized spacial score (nSPS) is 19.3. The van der Waals surface area contributed by atoms with Crippen LogP contribution >= 0.6 is 0 Å². The van der Waals surface area contributed by atoms with Gasteiger partial charge >= 0.3 is 5.97 Å². The Bertz CT molecular complexity index is 1450. The number of carbonyl (C=O) groups is 2. The summed E-state index contributed by atoms with van der Waals surface area (Å²) in [5.74, 6) is -2.61. The van der Waals surface area contributed by atoms with Gasteiger partial charge in [0.05, 0.1) is 17.8 Å². The fourth-order valence-electron chi connectivity index (χ4n) is 4.99. The Hall–Kier alpha value is -4.33. The van der Waals surface area contributed by atoms with Crippen LogP contribution in [0.3, 0.4) is 0 Å². The molecule has 0 spiro atoms. The number of nitrogens with zero attached hydrogens (tertiary/aromatic N) is 3. The van der Waals surface area contributed by atoms with Gasteiger partial charge in [-0.25, -0.2) is 4.68 Å². The Kier molecular flexibility index (Phi) is 6.58. The SMILES string of the molecule is O=C(O)[C@H]1[C@H](Cn2nnc3ccccc3c2=O)CC[C@@H]1C(=O)c1ccc(OCc2ccccc2)cc1. The number of fused-ring (bicyclic) bond motifs is 1. The summed E-state index contributed by atoms with van der Waals surface area (Å²) < 4.78 is 7.00. The van der Waals surface area contributed by atoms with E-state index in [1.165, 1.54) is 4.68 Å². The summed E-state index contributed by atoms with van der Waals surface area (Å²) in [5, 5.41) is 18.5. The van der Waals surface area contributed by atoms with Gasteiger partial charge in [0, 0.05) is 11.5 Å². The van der Waals surface area contributed by atoms with Gasteiger partial charge < -0.3 is 9.84 Å². The Labute approximate surface area is 207 Å². The van der Waals surface area contributed by atoms with Crippen molar-refractivity contribution in [3.05, 3.63) is 100 Å². The lowest BCUT2D eigenvalue weighted by atomic mass is 9.84. The third kappa shape index (κ3) is 4.75. The molecule has 5 rings (SSSR count). The zero-order chi connectivity index (χ0) is 25.1. The van der Waals surface area contributed by atoms with Crippen molar-refractivity contribution in [3.8, 4) is 5.75 Å². The monoisotopic (exact) mass is 483 g/mol. The van der Waals surface area contributed by atoms with Gasteiger partial charge in [0.1, 0.15) is 17.9 Å². The number of ketones is 1. The number of carboxylic acids is 1. The Balaban J connectivity index is 1.29. The van der Waals surface area contributed by atoms with Crippen LogP contribution in [0.2, 0.25) is 0 Å². The first-order valence-corrected chi connectivity index (χ1v) is 11.9. The lowest BCUT2D eigenvalue weighted by molar-refractivity contribution is -0.144. The molecule has 3 atom stereocenters. The zero-order valence-corrected chi connectivity index (χ0v) is 19.5. The molecule has 1 N–H and O–H groups in total. The van der Waals surface area contributed by atoms with E-state index in [9.17, 15) is 19.5 Å². The summed E-state index contributed by atoms with van der Waals surface area (Å²) in [7, 11) is 0. The van der Waals surface area contributed by atoms with E-state index in [0.29, 0.717) is 41.7 Å². The molecule has 0 unspecified atom stereocenters. The summed E-state index contributed by atoms with van der Waals surface area (Å²) in [5.41, 5.74) is 1.66. The lowest BCUT2D eigenvalue weighted by Crippen LogP contribution is -2.34. The highest BCUT2D eigenvalue weighted by Crippen LogP contribution is 2.40. The molecule has 1 aliphatic rings. The Morgan fingerprint density at radius 3 is 2.42 bits per heavy atom. The third-order valence-corrected chi connectivity index (χ3v) is 6.84. The van der Waals surface area contributed by atoms with Crippen molar-refractivity contribution in [2.75, 3.05) is 0 Å². The van der Waals surface area contributed by atoms with Crippen LogP contribution in [-0.4, -0.2) is 31.9 Å². The van der Waals surface area contributed by atoms with Gasteiger partial charge in [0.25, 0.3) is 5.56 Å². The van der Waals surface area contributed by atoms with Crippen molar-refractivity contribution < 1.29 is 19.4 Å². The predicted molar refractivity (Wildman–Crippen MR) is 133 cm³/mol. The molecule has 8 heteroatoms. The van der Waals surface area contributed by atoms with Crippen LogP contribution in [0.4, 0.5) is 0 Å². The molecule has 1 aromatic heterocycles. The second kappa shape index (κ2) is 10.1. The quantitative estimate of drug-likeness (QED) is 0.377. The standard InChI is InChI=1S/C28H25N3O5/c32-26(19-10-13-21(14-11-19)36-17-18-6-2-1-3-7-18)23-15-12-20(25(23)28(34)35)16-31-27(33)22-8-4-5-9-24(22)29-30-31/h1-11,13-14,20,23,25H,12,15-17H2,(H,34,35)/t20-,23-,25-/m0/s1. The van der Waals surface area contributed by atoms with Gasteiger partial charge in [-0.2, -0.15) is 0 Å². The second-order valence-corrected chi connectivity index (χ2v) is 9.06. The summed E-state index contributed by atoms with van der Waals surface area (Å²) in [6.45, 7) is 0.514. The fraction of sp³-hybridized carbons (Fsp3) is 0.250. The molecule has 4 aromatic rings. The van der Waals surface area contributed by atoms with E-state index in [1.54, 1.807) is 48.5 Å². The largest absolute Gasteiger partial charge is 0.489 e. The van der Waals surface area contributed by atoms with E-state index in [4.69, 9.17) is 4.74 Å². The molecule has 0 saturated heterocycles. The van der Waals surface area contributed by atoms with Gasteiger partial charge in [-0.1, -0.05) is 47.7 Å². The van der Waals surface area contributed by atoms with Crippen LogP contribution < -0.4 is 10.3 Å². The molecule has 0 aliphatic heterocycles. The molecule has 0 bridgehead atoms. The van der Waals surface area contributed by atoms with E-state index >= 15 is 0 Å². The van der Waals surface area contributed by atoms with Gasteiger partial charge in [0.15, 0.2) is 5.78 Å². The maximum atomic E-state index is 13.3. The maximum absolute atomic E-state index is 13.3. The average Bonchev–Trinajstić information content (AvgIpc) is 3.33. The molecule has 8 nitrogen and oxygen atoms in total. The third-order valence-electron chi connectivity index (χ3n) is 6.84. The van der Waals surface area contributed by atoms with E-state index in [0.717, 1.165) is 5.56 Å². The Morgan fingerprint density at radius 2 is 1.67 bits per heavy atom. The molecule has 1 fully saturated rings. The zero-order valence-electron chi connectivity index (χ0n) is 19.5. The van der Waals surface area contributed by atoms with Crippen LogP contribution in [0.1, 0.15) is 28.8 Å². The van der Waals surface area contributed by atoms with E-state index < -0.39 is 23.7 Å². The molecular weight excluding hydrogens is 458 g/mol. The van der Waals surface area contributed by atoms with Gasteiger partial charge in [-0.15, -0.1) is 5.10 Å². The smallest absolute Gasteiger partial charge is 0.307 e. The minimum atomic E-state index is -1.04. The highest BCUT2D eigenvalue weighted by atomic mass is 16.5. The molecule has 0 amide bonds. The average molecular weight is 484 g/mol. The van der Waals surface area contributed by atoms with E-state index in [1.807, 2.05) is 30.3 Å². The van der Waals surface area contributed by atoms with Crippen LogP contribution in [0.5, 0.6) is 5.75 Å². The molecule has 1 aliphatic carbocycles. The van der Waals surface area contributed by atoms with Crippen LogP contribution in [0, 0.1) is 17.8 Å². The first kappa shape index (κ1) is 23.4. The molecule has 0 radical (unpaired) electrons. The lowest BCUT2D eigenvalue weighted by Gasteiger charge is -2.20. The number of carbonyl (C=O) groups excluding carboxylic acids is 1. The number of hydrogen-bond acceptors (Lipinski definition) is 6. The van der Waals surface area contributed by atoms with Crippen LogP contribution in [-0.2, 0) is 17.9 Å². The minimum Gasteiger partial charge on any atom is -0.489 e. The number of rotatable bonds is 8. The van der Waals surface area contributed by atoms with E-state index in [2.05, 4.69) is 10.3 Å². The number of ether oxygens (including phenoxy) is 1. The highest BCUT2D eigenvalue weighted by Gasteiger charge is 2.45. The van der Waals surface area contributed by atoms with Gasteiger partial charge in [0.2, 0.25) is 0 Å². The van der Waals surface area contributed by atoms with Crippen LogP contribution in [0.25, 0.3) is 10.9 Å². The number of aliphatic carboxylic acids is 1.